The van der Waals surface area contributed by atoms with Crippen LogP contribution in [0.1, 0.15) is 18.3 Å². The Bertz CT molecular complexity index is 815. The fraction of sp³-hybridized carbons (Fsp3) is 0.238. The second-order valence-electron chi connectivity index (χ2n) is 5.97. The minimum absolute atomic E-state index is 0. The summed E-state index contributed by atoms with van der Waals surface area (Å²) >= 11 is 0. The van der Waals surface area contributed by atoms with E-state index in [2.05, 4.69) is 68.9 Å². The molecule has 0 radical (unpaired) electrons. The fourth-order valence-corrected chi connectivity index (χ4v) is 2.67. The third kappa shape index (κ3) is 6.71. The van der Waals surface area contributed by atoms with Crippen molar-refractivity contribution in [2.24, 2.45) is 4.99 Å². The van der Waals surface area contributed by atoms with Crippen LogP contribution in [0, 0.1) is 0 Å². The Morgan fingerprint density at radius 2 is 1.70 bits per heavy atom. The number of guanidine groups is 1. The van der Waals surface area contributed by atoms with Crippen LogP contribution in [-0.4, -0.2) is 29.0 Å². The lowest BCUT2D eigenvalue weighted by atomic mass is 10.1. The molecule has 0 saturated carbocycles. The quantitative estimate of drug-likeness (QED) is 0.275. The van der Waals surface area contributed by atoms with E-state index in [1.807, 2.05) is 30.5 Å². The predicted octanol–water partition coefficient (Wildman–Crippen LogP) is 3.99. The van der Waals surface area contributed by atoms with Crippen LogP contribution >= 0.6 is 24.0 Å². The lowest BCUT2D eigenvalue weighted by molar-refractivity contribution is 0.794. The number of imidazole rings is 1. The van der Waals surface area contributed by atoms with E-state index in [0.717, 1.165) is 42.6 Å². The molecule has 0 fully saturated rings. The number of nitrogens with one attached hydrogen (secondary N) is 3. The number of nitrogens with zero attached hydrogens (tertiary/aromatic N) is 2. The van der Waals surface area contributed by atoms with Gasteiger partial charge in [0.15, 0.2) is 5.96 Å². The molecule has 3 N–H and O–H groups in total. The normalized spacial score (nSPS) is 10.9. The Hall–Kier alpha value is -2.35. The van der Waals surface area contributed by atoms with Gasteiger partial charge in [0.05, 0.1) is 11.9 Å². The van der Waals surface area contributed by atoms with Gasteiger partial charge in [0, 0.05) is 13.1 Å². The second-order valence-corrected chi connectivity index (χ2v) is 5.97. The van der Waals surface area contributed by atoms with Gasteiger partial charge in [-0.25, -0.2) is 9.98 Å². The van der Waals surface area contributed by atoms with E-state index in [4.69, 9.17) is 0 Å². The van der Waals surface area contributed by atoms with Gasteiger partial charge in [-0.1, -0.05) is 60.7 Å². The molecular formula is C21H26IN5. The minimum atomic E-state index is 0. The van der Waals surface area contributed by atoms with E-state index in [9.17, 15) is 0 Å². The highest BCUT2D eigenvalue weighted by atomic mass is 127. The van der Waals surface area contributed by atoms with Gasteiger partial charge in [-0.3, -0.25) is 0 Å². The monoisotopic (exact) mass is 475 g/mol. The maximum atomic E-state index is 4.62. The summed E-state index contributed by atoms with van der Waals surface area (Å²) in [6, 6.07) is 20.6. The zero-order valence-electron chi connectivity index (χ0n) is 15.5. The Morgan fingerprint density at radius 3 is 2.41 bits per heavy atom. The predicted molar refractivity (Wildman–Crippen MR) is 122 cm³/mol. The first-order chi connectivity index (χ1) is 12.8. The van der Waals surface area contributed by atoms with E-state index >= 15 is 0 Å². The van der Waals surface area contributed by atoms with Crippen molar-refractivity contribution in [3.8, 4) is 11.3 Å². The molecule has 0 aliphatic carbocycles. The van der Waals surface area contributed by atoms with E-state index < -0.39 is 0 Å². The number of hydrogen-bond acceptors (Lipinski definition) is 2. The Labute approximate surface area is 177 Å². The molecule has 0 bridgehead atoms. The SMILES string of the molecule is CCNC(=NCc1ncc(-c2ccccc2)[nH]1)NCCc1ccccc1.I. The summed E-state index contributed by atoms with van der Waals surface area (Å²) in [6.45, 7) is 4.23. The highest BCUT2D eigenvalue weighted by molar-refractivity contribution is 14.0. The van der Waals surface area contributed by atoms with Crippen molar-refractivity contribution in [1.82, 2.24) is 20.6 Å². The lowest BCUT2D eigenvalue weighted by Crippen LogP contribution is -2.38. The van der Waals surface area contributed by atoms with Gasteiger partial charge in [-0.05, 0) is 24.5 Å². The molecule has 5 nitrogen and oxygen atoms in total. The summed E-state index contributed by atoms with van der Waals surface area (Å²) in [5, 5.41) is 6.65. The van der Waals surface area contributed by atoms with Crippen LogP contribution in [0.2, 0.25) is 0 Å². The summed E-state index contributed by atoms with van der Waals surface area (Å²) in [5.74, 6) is 1.66. The largest absolute Gasteiger partial charge is 0.357 e. The van der Waals surface area contributed by atoms with Gasteiger partial charge >= 0.3 is 0 Å². The van der Waals surface area contributed by atoms with Gasteiger partial charge in [-0.2, -0.15) is 0 Å². The van der Waals surface area contributed by atoms with E-state index in [1.165, 1.54) is 5.56 Å². The molecule has 142 valence electrons. The number of hydrogen-bond donors (Lipinski definition) is 3. The van der Waals surface area contributed by atoms with Crippen molar-refractivity contribution in [3.05, 3.63) is 78.2 Å². The van der Waals surface area contributed by atoms with Crippen molar-refractivity contribution in [3.63, 3.8) is 0 Å². The summed E-state index contributed by atoms with van der Waals surface area (Å²) < 4.78 is 0. The van der Waals surface area contributed by atoms with Crippen LogP contribution in [0.25, 0.3) is 11.3 Å². The van der Waals surface area contributed by atoms with Crippen molar-refractivity contribution >= 4 is 29.9 Å². The van der Waals surface area contributed by atoms with Crippen molar-refractivity contribution < 1.29 is 0 Å². The van der Waals surface area contributed by atoms with Gasteiger partial charge in [0.1, 0.15) is 12.4 Å². The molecule has 0 unspecified atom stereocenters. The lowest BCUT2D eigenvalue weighted by Gasteiger charge is -2.11. The third-order valence-corrected chi connectivity index (χ3v) is 3.99. The zero-order valence-corrected chi connectivity index (χ0v) is 17.8. The molecule has 1 heterocycles. The average molecular weight is 475 g/mol. The van der Waals surface area contributed by atoms with Crippen LogP contribution < -0.4 is 10.6 Å². The highest BCUT2D eigenvalue weighted by Crippen LogP contribution is 2.16. The van der Waals surface area contributed by atoms with Crippen LogP contribution in [0.15, 0.2) is 71.9 Å². The van der Waals surface area contributed by atoms with Crippen LogP contribution in [0.4, 0.5) is 0 Å². The van der Waals surface area contributed by atoms with E-state index in [1.54, 1.807) is 0 Å². The molecule has 6 heteroatoms. The standard InChI is InChI=1S/C21H25N5.HI/c1-2-22-21(23-14-13-17-9-5-3-6-10-17)25-16-20-24-15-19(26-20)18-11-7-4-8-12-18;/h3-12,15H,2,13-14,16H2,1H3,(H,24,26)(H2,22,23,25);1H. The number of aromatic amines is 1. The molecule has 0 atom stereocenters. The zero-order chi connectivity index (χ0) is 18.0. The first-order valence-electron chi connectivity index (χ1n) is 9.00. The maximum Gasteiger partial charge on any atom is 0.191 e. The van der Waals surface area contributed by atoms with Gasteiger partial charge in [0.25, 0.3) is 0 Å². The first kappa shape index (κ1) is 21.0. The molecule has 1 aromatic heterocycles. The number of rotatable bonds is 7. The first-order valence-corrected chi connectivity index (χ1v) is 9.00. The van der Waals surface area contributed by atoms with Crippen LogP contribution in [0.3, 0.4) is 0 Å². The summed E-state index contributed by atoms with van der Waals surface area (Å²) in [7, 11) is 0. The molecular weight excluding hydrogens is 449 g/mol. The van der Waals surface area contributed by atoms with Crippen molar-refractivity contribution in [2.75, 3.05) is 13.1 Å². The van der Waals surface area contributed by atoms with Gasteiger partial charge in [-0.15, -0.1) is 24.0 Å². The van der Waals surface area contributed by atoms with Crippen LogP contribution in [-0.2, 0) is 13.0 Å². The Kier molecular flexibility index (Phi) is 8.83. The molecule has 27 heavy (non-hydrogen) atoms. The van der Waals surface area contributed by atoms with Gasteiger partial charge < -0.3 is 15.6 Å². The second kappa shape index (κ2) is 11.4. The fourth-order valence-electron chi connectivity index (χ4n) is 2.67. The minimum Gasteiger partial charge on any atom is -0.357 e. The molecule has 3 rings (SSSR count). The molecule has 0 spiro atoms. The van der Waals surface area contributed by atoms with E-state index in [-0.39, 0.29) is 24.0 Å². The molecule has 0 saturated heterocycles. The van der Waals surface area contributed by atoms with Crippen molar-refractivity contribution in [1.29, 1.82) is 0 Å². The molecule has 3 aromatic rings. The molecule has 2 aromatic carbocycles. The summed E-state index contributed by atoms with van der Waals surface area (Å²) in [5.41, 5.74) is 3.45. The Balaban J connectivity index is 0.00000261. The smallest absolute Gasteiger partial charge is 0.191 e. The number of benzene rings is 2. The average Bonchev–Trinajstić information content (AvgIpc) is 3.17. The number of aliphatic imine (C=N–C) groups is 1. The topological polar surface area (TPSA) is 65.1 Å². The summed E-state index contributed by atoms with van der Waals surface area (Å²) in [4.78, 5) is 12.4. The number of aromatic nitrogens is 2. The molecule has 0 aliphatic heterocycles. The van der Waals surface area contributed by atoms with Crippen LogP contribution in [0.5, 0.6) is 0 Å². The summed E-state index contributed by atoms with van der Waals surface area (Å²) in [6.07, 6.45) is 2.82. The van der Waals surface area contributed by atoms with Gasteiger partial charge in [0.2, 0.25) is 0 Å². The Morgan fingerprint density at radius 1 is 1.00 bits per heavy atom. The number of halogens is 1. The molecule has 0 aliphatic rings. The highest BCUT2D eigenvalue weighted by Gasteiger charge is 2.03. The third-order valence-electron chi connectivity index (χ3n) is 3.99. The van der Waals surface area contributed by atoms with Crippen molar-refractivity contribution in [2.45, 2.75) is 19.9 Å². The molecule has 0 amide bonds. The van der Waals surface area contributed by atoms with E-state index in [0.29, 0.717) is 6.54 Å². The number of H-pyrrole nitrogens is 1. The maximum absolute atomic E-state index is 4.62.